The van der Waals surface area contributed by atoms with E-state index in [-0.39, 0.29) is 12.3 Å². The summed E-state index contributed by atoms with van der Waals surface area (Å²) in [5.41, 5.74) is 2.98. The zero-order valence-corrected chi connectivity index (χ0v) is 15.0. The van der Waals surface area contributed by atoms with Crippen LogP contribution in [0.25, 0.3) is 0 Å². The van der Waals surface area contributed by atoms with E-state index in [0.29, 0.717) is 5.02 Å². The smallest absolute Gasteiger partial charge is 0.215 e. The first-order chi connectivity index (χ1) is 12.7. The number of para-hydroxylation sites is 1. The summed E-state index contributed by atoms with van der Waals surface area (Å²) >= 11 is 6.46. The van der Waals surface area contributed by atoms with Gasteiger partial charge in [0, 0.05) is 22.6 Å². The number of nitrogens with zero attached hydrogens (tertiary/aromatic N) is 2. The molecule has 0 N–H and O–H groups in total. The average molecular weight is 365 g/mol. The lowest BCUT2D eigenvalue weighted by molar-refractivity contribution is -0.0189. The van der Waals surface area contributed by atoms with Crippen molar-refractivity contribution in [1.29, 1.82) is 0 Å². The minimum absolute atomic E-state index is 0.0987. The molecular formula is C21H17ClN2O2. The van der Waals surface area contributed by atoms with Gasteiger partial charge in [0.1, 0.15) is 23.0 Å². The first-order valence-corrected chi connectivity index (χ1v) is 9.01. The largest absolute Gasteiger partial charge is 0.464 e. The fourth-order valence-corrected chi connectivity index (χ4v) is 3.88. The molecule has 3 aromatic rings. The molecule has 130 valence electrons. The summed E-state index contributed by atoms with van der Waals surface area (Å²) < 4.78 is 12.1. The summed E-state index contributed by atoms with van der Waals surface area (Å²) in [6.45, 7) is 1.94. The lowest BCUT2D eigenvalue weighted by Crippen LogP contribution is -2.33. The Kier molecular flexibility index (Phi) is 3.54. The molecule has 2 atom stereocenters. The van der Waals surface area contributed by atoms with Gasteiger partial charge in [0.25, 0.3) is 0 Å². The normalized spacial score (nSPS) is 21.0. The van der Waals surface area contributed by atoms with E-state index in [4.69, 9.17) is 25.9 Å². The monoisotopic (exact) mass is 364 g/mol. The maximum atomic E-state index is 6.46. The Hall–Kier alpha value is -2.72. The van der Waals surface area contributed by atoms with E-state index in [1.54, 1.807) is 0 Å². The Morgan fingerprint density at radius 1 is 1.00 bits per heavy atom. The predicted octanol–water partition coefficient (Wildman–Crippen LogP) is 5.48. The number of furan rings is 1. The zero-order valence-electron chi connectivity index (χ0n) is 14.2. The van der Waals surface area contributed by atoms with Crippen LogP contribution in [0.1, 0.15) is 41.3 Å². The van der Waals surface area contributed by atoms with Crippen LogP contribution in [0.2, 0.25) is 5.02 Å². The molecule has 0 fully saturated rings. The van der Waals surface area contributed by atoms with E-state index >= 15 is 0 Å². The first-order valence-electron chi connectivity index (χ1n) is 8.63. The minimum atomic E-state index is -0.364. The summed E-state index contributed by atoms with van der Waals surface area (Å²) in [7, 11) is 0. The summed E-state index contributed by atoms with van der Waals surface area (Å²) in [5.74, 6) is 2.57. The number of hydrogen-bond acceptors (Lipinski definition) is 4. The van der Waals surface area contributed by atoms with Crippen molar-refractivity contribution in [3.63, 3.8) is 0 Å². The minimum Gasteiger partial charge on any atom is -0.464 e. The van der Waals surface area contributed by atoms with Gasteiger partial charge in [0.15, 0.2) is 0 Å². The van der Waals surface area contributed by atoms with Crippen molar-refractivity contribution in [2.75, 3.05) is 0 Å². The molecule has 2 aliphatic rings. The highest BCUT2D eigenvalue weighted by molar-refractivity contribution is 6.31. The lowest BCUT2D eigenvalue weighted by Gasteiger charge is -2.38. The van der Waals surface area contributed by atoms with Gasteiger partial charge in [-0.2, -0.15) is 5.10 Å². The Labute approximate surface area is 156 Å². The van der Waals surface area contributed by atoms with E-state index in [1.165, 1.54) is 0 Å². The van der Waals surface area contributed by atoms with Crippen LogP contribution < -0.4 is 4.74 Å². The molecule has 4 nitrogen and oxygen atoms in total. The van der Waals surface area contributed by atoms with Crippen LogP contribution >= 0.6 is 11.6 Å². The molecule has 0 spiro atoms. The van der Waals surface area contributed by atoms with E-state index in [0.717, 1.165) is 40.5 Å². The van der Waals surface area contributed by atoms with Crippen LogP contribution in [0, 0.1) is 6.92 Å². The first kappa shape index (κ1) is 15.5. The van der Waals surface area contributed by atoms with Crippen molar-refractivity contribution in [1.82, 2.24) is 5.01 Å². The second-order valence-corrected chi connectivity index (χ2v) is 6.99. The third-order valence-corrected chi connectivity index (χ3v) is 5.24. The Morgan fingerprint density at radius 3 is 2.54 bits per heavy atom. The average Bonchev–Trinajstić information content (AvgIpc) is 3.28. The van der Waals surface area contributed by atoms with Gasteiger partial charge < -0.3 is 9.15 Å². The quantitative estimate of drug-likeness (QED) is 0.604. The molecule has 5 heteroatoms. The second kappa shape index (κ2) is 5.92. The molecule has 0 saturated heterocycles. The van der Waals surface area contributed by atoms with E-state index in [9.17, 15) is 0 Å². The van der Waals surface area contributed by atoms with Crippen molar-refractivity contribution >= 4 is 17.3 Å². The van der Waals surface area contributed by atoms with E-state index in [2.05, 4.69) is 6.07 Å². The second-order valence-electron chi connectivity index (χ2n) is 6.59. The number of fused-ring (bicyclic) bond motifs is 3. The van der Waals surface area contributed by atoms with Crippen LogP contribution in [0.5, 0.6) is 5.75 Å². The third-order valence-electron chi connectivity index (χ3n) is 4.90. The molecule has 0 aliphatic carbocycles. The topological polar surface area (TPSA) is 38.0 Å². The van der Waals surface area contributed by atoms with Crippen LogP contribution in [0.4, 0.5) is 0 Å². The van der Waals surface area contributed by atoms with Crippen molar-refractivity contribution in [3.8, 4) is 5.75 Å². The van der Waals surface area contributed by atoms with Gasteiger partial charge in [0.2, 0.25) is 6.23 Å². The van der Waals surface area contributed by atoms with Crippen molar-refractivity contribution < 1.29 is 9.15 Å². The Morgan fingerprint density at radius 2 is 1.77 bits per heavy atom. The highest BCUT2D eigenvalue weighted by atomic mass is 35.5. The predicted molar refractivity (Wildman–Crippen MR) is 100 cm³/mol. The summed E-state index contributed by atoms with van der Waals surface area (Å²) in [5, 5.41) is 7.55. The van der Waals surface area contributed by atoms with Gasteiger partial charge >= 0.3 is 0 Å². The van der Waals surface area contributed by atoms with Gasteiger partial charge in [0.05, 0.1) is 6.04 Å². The molecule has 26 heavy (non-hydrogen) atoms. The van der Waals surface area contributed by atoms with Crippen molar-refractivity contribution in [2.45, 2.75) is 25.6 Å². The maximum absolute atomic E-state index is 6.46. The summed E-state index contributed by atoms with van der Waals surface area (Å²) in [6, 6.07) is 19.9. The number of aryl methyl sites for hydroxylation is 1. The van der Waals surface area contributed by atoms with Crippen LogP contribution in [0.15, 0.2) is 70.2 Å². The standard InChI is InChI=1S/C21H17ClN2O2/c1-13-10-11-20(25-13)17-12-18-15-7-3-5-9-19(15)26-21(24(18)23-17)14-6-2-4-8-16(14)22/h2-11,18,21H,12H2,1H3/t18-,21-/m0/s1. The van der Waals surface area contributed by atoms with Gasteiger partial charge in [-0.1, -0.05) is 48.0 Å². The molecule has 1 aromatic heterocycles. The molecule has 0 amide bonds. The number of hydrazone groups is 1. The van der Waals surface area contributed by atoms with Gasteiger partial charge in [-0.15, -0.1) is 0 Å². The van der Waals surface area contributed by atoms with Crippen molar-refractivity contribution in [2.24, 2.45) is 5.10 Å². The van der Waals surface area contributed by atoms with Gasteiger partial charge in [-0.05, 0) is 31.2 Å². The number of ether oxygens (including phenoxy) is 1. The lowest BCUT2D eigenvalue weighted by atomic mass is 9.97. The van der Waals surface area contributed by atoms with Crippen LogP contribution in [-0.2, 0) is 0 Å². The van der Waals surface area contributed by atoms with Crippen LogP contribution in [0.3, 0.4) is 0 Å². The molecule has 2 aliphatic heterocycles. The third kappa shape index (κ3) is 2.41. The number of rotatable bonds is 2. The van der Waals surface area contributed by atoms with Gasteiger partial charge in [-0.3, -0.25) is 0 Å². The Bertz CT molecular complexity index is 1010. The molecule has 0 radical (unpaired) electrons. The fraction of sp³-hybridized carbons (Fsp3) is 0.190. The molecule has 5 rings (SSSR count). The fourth-order valence-electron chi connectivity index (χ4n) is 3.65. The molecule has 0 unspecified atom stereocenters. The SMILES string of the molecule is Cc1ccc(C2=NN3[C@@H](C2)c2ccccc2O[C@H]3c2ccccc2Cl)o1. The zero-order chi connectivity index (χ0) is 17.7. The number of halogens is 1. The molecule has 0 saturated carbocycles. The van der Waals surface area contributed by atoms with E-state index in [1.807, 2.05) is 66.5 Å². The molecular weight excluding hydrogens is 348 g/mol. The highest BCUT2D eigenvalue weighted by Crippen LogP contribution is 2.48. The maximum Gasteiger partial charge on any atom is 0.215 e. The van der Waals surface area contributed by atoms with Crippen LogP contribution in [-0.4, -0.2) is 10.7 Å². The van der Waals surface area contributed by atoms with Gasteiger partial charge in [-0.25, -0.2) is 5.01 Å². The summed E-state index contributed by atoms with van der Waals surface area (Å²) in [4.78, 5) is 0. The molecule has 3 heterocycles. The van der Waals surface area contributed by atoms with Crippen molar-refractivity contribution in [3.05, 3.63) is 88.3 Å². The summed E-state index contributed by atoms with van der Waals surface area (Å²) in [6.07, 6.45) is 0.408. The highest BCUT2D eigenvalue weighted by Gasteiger charge is 2.41. The Balaban J connectivity index is 1.62. The molecule has 0 bridgehead atoms. The molecule has 2 aromatic carbocycles. The van der Waals surface area contributed by atoms with E-state index < -0.39 is 0 Å². The number of hydrogen-bond donors (Lipinski definition) is 0. The number of benzene rings is 2.